The first-order valence-electron chi connectivity index (χ1n) is 4.15. The van der Waals surface area contributed by atoms with Crippen molar-refractivity contribution in [1.29, 1.82) is 0 Å². The molecule has 0 saturated heterocycles. The van der Waals surface area contributed by atoms with Crippen molar-refractivity contribution in [1.82, 2.24) is 9.97 Å². The maximum atomic E-state index is 10.9. The zero-order valence-corrected chi connectivity index (χ0v) is 7.95. The zero-order chi connectivity index (χ0) is 10.3. The predicted octanol–water partition coefficient (Wildman–Crippen LogP) is 1.29. The Hall–Kier alpha value is -1.36. The molecule has 2 rings (SSSR count). The number of anilines is 1. The molecule has 1 heterocycles. The van der Waals surface area contributed by atoms with Gasteiger partial charge in [-0.1, -0.05) is 11.6 Å². The van der Waals surface area contributed by atoms with Gasteiger partial charge in [0.15, 0.2) is 5.69 Å². The van der Waals surface area contributed by atoms with Crippen LogP contribution in [-0.4, -0.2) is 21.0 Å². The number of nitrogens with two attached hydrogens (primary N) is 1. The summed E-state index contributed by atoms with van der Waals surface area (Å²) in [5.74, 6) is -1.02. The largest absolute Gasteiger partial charge is 0.476 e. The van der Waals surface area contributed by atoms with Crippen molar-refractivity contribution in [2.45, 2.75) is 18.8 Å². The molecule has 0 spiro atoms. The quantitative estimate of drug-likeness (QED) is 0.723. The molecule has 0 aromatic carbocycles. The Morgan fingerprint density at radius 1 is 1.50 bits per heavy atom. The third-order valence-electron chi connectivity index (χ3n) is 2.10. The molecule has 0 aliphatic heterocycles. The van der Waals surface area contributed by atoms with Crippen LogP contribution in [0.5, 0.6) is 0 Å². The number of halogens is 1. The molecule has 0 bridgehead atoms. The minimum absolute atomic E-state index is 0.0648. The molecule has 3 N–H and O–H groups in total. The summed E-state index contributed by atoms with van der Waals surface area (Å²) in [6, 6.07) is 0. The van der Waals surface area contributed by atoms with Gasteiger partial charge in [0.1, 0.15) is 5.15 Å². The van der Waals surface area contributed by atoms with Gasteiger partial charge in [0.05, 0.1) is 0 Å². The van der Waals surface area contributed by atoms with Gasteiger partial charge < -0.3 is 10.8 Å². The van der Waals surface area contributed by atoms with Crippen molar-refractivity contribution in [2.24, 2.45) is 0 Å². The molecule has 1 aromatic heterocycles. The highest BCUT2D eigenvalue weighted by Gasteiger charge is 2.32. The standard InChI is InChI=1S/C8H8ClN3O2/c9-6-4(3-1-2-3)5(7(13)14)11-8(10)12-6/h3H,1-2H2,(H,13,14)(H2,10,11,12). The Morgan fingerprint density at radius 2 is 2.14 bits per heavy atom. The van der Waals surface area contributed by atoms with Crippen LogP contribution in [0.2, 0.25) is 5.15 Å². The van der Waals surface area contributed by atoms with Crippen molar-refractivity contribution in [3.63, 3.8) is 0 Å². The first kappa shape index (κ1) is 9.21. The zero-order valence-electron chi connectivity index (χ0n) is 7.20. The van der Waals surface area contributed by atoms with Gasteiger partial charge in [-0.05, 0) is 18.8 Å². The molecule has 14 heavy (non-hydrogen) atoms. The minimum Gasteiger partial charge on any atom is -0.476 e. The van der Waals surface area contributed by atoms with E-state index in [2.05, 4.69) is 9.97 Å². The van der Waals surface area contributed by atoms with E-state index in [0.717, 1.165) is 12.8 Å². The molecule has 1 saturated carbocycles. The van der Waals surface area contributed by atoms with Gasteiger partial charge in [-0.15, -0.1) is 0 Å². The van der Waals surface area contributed by atoms with Crippen LogP contribution in [-0.2, 0) is 0 Å². The molecule has 1 aliphatic carbocycles. The molecule has 1 fully saturated rings. The number of aromatic nitrogens is 2. The first-order valence-corrected chi connectivity index (χ1v) is 4.53. The molecule has 0 atom stereocenters. The van der Waals surface area contributed by atoms with Gasteiger partial charge in [0.25, 0.3) is 0 Å². The van der Waals surface area contributed by atoms with E-state index >= 15 is 0 Å². The molecule has 0 radical (unpaired) electrons. The number of carboxylic acids is 1. The molecule has 0 amide bonds. The topological polar surface area (TPSA) is 89.1 Å². The predicted molar refractivity (Wildman–Crippen MR) is 50.4 cm³/mol. The van der Waals surface area contributed by atoms with E-state index in [1.54, 1.807) is 0 Å². The molecular formula is C8H8ClN3O2. The Bertz CT molecular complexity index is 404. The number of nitrogens with zero attached hydrogens (tertiary/aromatic N) is 2. The molecule has 6 heteroatoms. The second kappa shape index (κ2) is 3.09. The van der Waals surface area contributed by atoms with Crippen molar-refractivity contribution in [3.8, 4) is 0 Å². The van der Waals surface area contributed by atoms with E-state index in [1.807, 2.05) is 0 Å². The number of aromatic carboxylic acids is 1. The number of rotatable bonds is 2. The fourth-order valence-electron chi connectivity index (χ4n) is 1.36. The second-order valence-electron chi connectivity index (χ2n) is 3.21. The Kier molecular flexibility index (Phi) is 2.03. The molecule has 5 nitrogen and oxygen atoms in total. The summed E-state index contributed by atoms with van der Waals surface area (Å²) in [5.41, 5.74) is 5.77. The lowest BCUT2D eigenvalue weighted by atomic mass is 10.1. The van der Waals surface area contributed by atoms with E-state index < -0.39 is 5.97 Å². The highest BCUT2D eigenvalue weighted by atomic mass is 35.5. The van der Waals surface area contributed by atoms with Crippen molar-refractivity contribution in [2.75, 3.05) is 5.73 Å². The van der Waals surface area contributed by atoms with Gasteiger partial charge in [0, 0.05) is 5.56 Å². The van der Waals surface area contributed by atoms with E-state index in [4.69, 9.17) is 22.4 Å². The van der Waals surface area contributed by atoms with Crippen LogP contribution in [0.1, 0.15) is 34.8 Å². The van der Waals surface area contributed by atoms with Crippen molar-refractivity contribution < 1.29 is 9.90 Å². The highest BCUT2D eigenvalue weighted by molar-refractivity contribution is 6.30. The lowest BCUT2D eigenvalue weighted by molar-refractivity contribution is 0.0689. The smallest absolute Gasteiger partial charge is 0.355 e. The number of hydrogen-bond donors (Lipinski definition) is 2. The molecular weight excluding hydrogens is 206 g/mol. The molecule has 1 aromatic rings. The highest BCUT2D eigenvalue weighted by Crippen LogP contribution is 2.44. The average molecular weight is 214 g/mol. The number of carbonyl (C=O) groups is 1. The van der Waals surface area contributed by atoms with Gasteiger partial charge in [0.2, 0.25) is 5.95 Å². The van der Waals surface area contributed by atoms with Gasteiger partial charge in [-0.2, -0.15) is 0 Å². The molecule has 0 unspecified atom stereocenters. The minimum atomic E-state index is -1.11. The number of hydrogen-bond acceptors (Lipinski definition) is 4. The number of carboxylic acid groups (broad SMARTS) is 1. The summed E-state index contributed by atoms with van der Waals surface area (Å²) in [6.07, 6.45) is 1.88. The van der Waals surface area contributed by atoms with Crippen LogP contribution in [0.3, 0.4) is 0 Å². The van der Waals surface area contributed by atoms with Gasteiger partial charge in [-0.25, -0.2) is 14.8 Å². The third-order valence-corrected chi connectivity index (χ3v) is 2.39. The Balaban J connectivity index is 2.58. The first-order chi connectivity index (χ1) is 6.59. The summed E-state index contributed by atoms with van der Waals surface area (Å²) >= 11 is 5.82. The van der Waals surface area contributed by atoms with E-state index in [-0.39, 0.29) is 22.7 Å². The SMILES string of the molecule is Nc1nc(Cl)c(C2CC2)c(C(=O)O)n1. The van der Waals surface area contributed by atoms with E-state index in [1.165, 1.54) is 0 Å². The van der Waals surface area contributed by atoms with Crippen LogP contribution in [0.4, 0.5) is 5.95 Å². The fourth-order valence-corrected chi connectivity index (χ4v) is 1.69. The van der Waals surface area contributed by atoms with Crippen molar-refractivity contribution in [3.05, 3.63) is 16.4 Å². The van der Waals surface area contributed by atoms with E-state index in [9.17, 15) is 4.79 Å². The van der Waals surface area contributed by atoms with Crippen LogP contribution >= 0.6 is 11.6 Å². The number of nitrogen functional groups attached to an aromatic ring is 1. The van der Waals surface area contributed by atoms with Crippen LogP contribution in [0, 0.1) is 0 Å². The molecule has 1 aliphatic rings. The molecule has 74 valence electrons. The lowest BCUT2D eigenvalue weighted by Gasteiger charge is -2.05. The van der Waals surface area contributed by atoms with Crippen molar-refractivity contribution >= 4 is 23.5 Å². The van der Waals surface area contributed by atoms with Crippen LogP contribution in [0.25, 0.3) is 0 Å². The van der Waals surface area contributed by atoms with Gasteiger partial charge in [-0.3, -0.25) is 0 Å². The third kappa shape index (κ3) is 1.50. The van der Waals surface area contributed by atoms with Gasteiger partial charge >= 0.3 is 5.97 Å². The monoisotopic (exact) mass is 213 g/mol. The fraction of sp³-hybridized carbons (Fsp3) is 0.375. The Labute approximate surface area is 84.9 Å². The van der Waals surface area contributed by atoms with Crippen LogP contribution < -0.4 is 5.73 Å². The summed E-state index contributed by atoms with van der Waals surface area (Å²) in [5, 5.41) is 9.05. The summed E-state index contributed by atoms with van der Waals surface area (Å²) in [7, 11) is 0. The summed E-state index contributed by atoms with van der Waals surface area (Å²) in [4.78, 5) is 18.3. The summed E-state index contributed by atoms with van der Waals surface area (Å²) in [6.45, 7) is 0. The Morgan fingerprint density at radius 3 is 2.64 bits per heavy atom. The average Bonchev–Trinajstić information content (AvgIpc) is 2.85. The van der Waals surface area contributed by atoms with Crippen LogP contribution in [0.15, 0.2) is 0 Å². The maximum Gasteiger partial charge on any atom is 0.355 e. The summed E-state index contributed by atoms with van der Waals surface area (Å²) < 4.78 is 0. The van der Waals surface area contributed by atoms with E-state index in [0.29, 0.717) is 5.56 Å². The normalized spacial score (nSPS) is 15.5. The lowest BCUT2D eigenvalue weighted by Crippen LogP contribution is -2.10. The maximum absolute atomic E-state index is 10.9. The second-order valence-corrected chi connectivity index (χ2v) is 3.57.